The second-order valence-corrected chi connectivity index (χ2v) is 10.9. The van der Waals surface area contributed by atoms with Gasteiger partial charge in [0.2, 0.25) is 5.91 Å². The predicted molar refractivity (Wildman–Crippen MR) is 181 cm³/mol. The minimum Gasteiger partial charge on any atom is -0.386 e. The van der Waals surface area contributed by atoms with Crippen LogP contribution in [-0.2, 0) is 20.7 Å². The SMILES string of the molecule is C=CN=C(C(=O)NCCOCCNCC(=O)N1CCN(C(=O)c2cc(Cc3n[nH]c(=O)c4ccccc34)ccc2F)CC1)/C(=C\C)NC. The zero-order chi connectivity index (χ0) is 34.5. The summed E-state index contributed by atoms with van der Waals surface area (Å²) in [5.41, 5.74) is 1.77. The van der Waals surface area contributed by atoms with Crippen LogP contribution in [0.25, 0.3) is 10.8 Å². The number of hydrogen-bond acceptors (Lipinski definition) is 9. The van der Waals surface area contributed by atoms with E-state index in [1.54, 1.807) is 54.1 Å². The lowest BCUT2D eigenvalue weighted by Gasteiger charge is -2.35. The monoisotopic (exact) mass is 660 g/mol. The summed E-state index contributed by atoms with van der Waals surface area (Å²) in [5, 5.41) is 16.6. The van der Waals surface area contributed by atoms with Crippen molar-refractivity contribution in [2.75, 3.05) is 66.1 Å². The number of carbonyl (C=O) groups is 3. The molecule has 1 aromatic heterocycles. The summed E-state index contributed by atoms with van der Waals surface area (Å²) in [7, 11) is 1.70. The van der Waals surface area contributed by atoms with Crippen molar-refractivity contribution >= 4 is 34.2 Å². The van der Waals surface area contributed by atoms with E-state index in [2.05, 4.69) is 37.7 Å². The van der Waals surface area contributed by atoms with Crippen LogP contribution < -0.4 is 21.5 Å². The highest BCUT2D eigenvalue weighted by molar-refractivity contribution is 6.45. The second-order valence-electron chi connectivity index (χ2n) is 10.9. The van der Waals surface area contributed by atoms with Gasteiger partial charge in [0.15, 0.2) is 5.71 Å². The van der Waals surface area contributed by atoms with Gasteiger partial charge in [-0.05, 0) is 30.7 Å². The number of benzene rings is 2. The Morgan fingerprint density at radius 2 is 1.77 bits per heavy atom. The van der Waals surface area contributed by atoms with Gasteiger partial charge in [0.25, 0.3) is 17.4 Å². The number of hydrogen-bond donors (Lipinski definition) is 4. The first-order valence-electron chi connectivity index (χ1n) is 15.7. The molecule has 4 N–H and O–H groups in total. The molecule has 13 nitrogen and oxygen atoms in total. The Morgan fingerprint density at radius 1 is 1.06 bits per heavy atom. The van der Waals surface area contributed by atoms with Crippen LogP contribution in [0.4, 0.5) is 4.39 Å². The molecule has 14 heteroatoms. The molecule has 254 valence electrons. The highest BCUT2D eigenvalue weighted by Crippen LogP contribution is 2.20. The summed E-state index contributed by atoms with van der Waals surface area (Å²) >= 11 is 0. The van der Waals surface area contributed by atoms with Crippen LogP contribution in [0.1, 0.15) is 28.5 Å². The van der Waals surface area contributed by atoms with Gasteiger partial charge in [0.05, 0.1) is 42.1 Å². The Kier molecular flexibility index (Phi) is 13.1. The van der Waals surface area contributed by atoms with E-state index >= 15 is 0 Å². The molecule has 0 bridgehead atoms. The molecule has 1 fully saturated rings. The number of allylic oxidation sites excluding steroid dienone is 1. The van der Waals surface area contributed by atoms with Crippen molar-refractivity contribution in [2.24, 2.45) is 4.99 Å². The summed E-state index contributed by atoms with van der Waals surface area (Å²) in [5.74, 6) is -1.53. The van der Waals surface area contributed by atoms with E-state index in [0.29, 0.717) is 60.4 Å². The molecule has 0 atom stereocenters. The number of nitrogens with zero attached hydrogens (tertiary/aromatic N) is 4. The molecule has 3 aromatic rings. The van der Waals surface area contributed by atoms with Crippen molar-refractivity contribution in [1.29, 1.82) is 0 Å². The lowest BCUT2D eigenvalue weighted by molar-refractivity contribution is -0.131. The van der Waals surface area contributed by atoms with Crippen molar-refractivity contribution in [1.82, 2.24) is 35.9 Å². The number of H-pyrrole nitrogens is 1. The molecule has 3 amide bonds. The van der Waals surface area contributed by atoms with Crippen LogP contribution in [0.3, 0.4) is 0 Å². The highest BCUT2D eigenvalue weighted by Gasteiger charge is 2.26. The van der Waals surface area contributed by atoms with E-state index < -0.39 is 11.7 Å². The topological polar surface area (TPSA) is 161 Å². The van der Waals surface area contributed by atoms with E-state index in [-0.39, 0.29) is 61.4 Å². The molecule has 2 heterocycles. The van der Waals surface area contributed by atoms with Gasteiger partial charge in [0.1, 0.15) is 5.82 Å². The van der Waals surface area contributed by atoms with E-state index in [1.165, 1.54) is 18.3 Å². The number of aromatic amines is 1. The first kappa shape index (κ1) is 35.6. The third kappa shape index (κ3) is 9.20. The molecular weight excluding hydrogens is 619 g/mol. The maximum absolute atomic E-state index is 14.8. The average molecular weight is 661 g/mol. The van der Waals surface area contributed by atoms with Gasteiger partial charge in [-0.25, -0.2) is 14.5 Å². The van der Waals surface area contributed by atoms with Crippen molar-refractivity contribution < 1.29 is 23.5 Å². The van der Waals surface area contributed by atoms with Gasteiger partial charge in [-0.3, -0.25) is 19.2 Å². The first-order valence-corrected chi connectivity index (χ1v) is 15.7. The third-order valence-corrected chi connectivity index (χ3v) is 7.81. The van der Waals surface area contributed by atoms with Crippen molar-refractivity contribution in [3.63, 3.8) is 0 Å². The minimum absolute atomic E-state index is 0.0481. The van der Waals surface area contributed by atoms with E-state index in [0.717, 1.165) is 0 Å². The molecule has 0 spiro atoms. The standard InChI is InChI=1S/C34H41FN8O5/c1-4-28(36-3)31(38-5-2)33(46)39-13-19-48-18-12-37-22-30(44)42-14-16-43(17-15-42)34(47)26-20-23(10-11-27(26)35)21-29-24-8-6-7-9-25(24)32(45)41-40-29/h4-11,20,36-37H,2,12-19,21-22H2,1,3H3,(H,39,46)(H,41,45)/b28-4+,38-31?. The largest absolute Gasteiger partial charge is 0.386 e. The van der Waals surface area contributed by atoms with Crippen LogP contribution in [0.2, 0.25) is 0 Å². The zero-order valence-electron chi connectivity index (χ0n) is 27.2. The van der Waals surface area contributed by atoms with Crippen LogP contribution in [0, 0.1) is 5.82 Å². The Balaban J connectivity index is 1.17. The van der Waals surface area contributed by atoms with Crippen molar-refractivity contribution in [3.8, 4) is 0 Å². The third-order valence-electron chi connectivity index (χ3n) is 7.81. The van der Waals surface area contributed by atoms with E-state index in [4.69, 9.17) is 4.74 Å². The Labute approximate surface area is 277 Å². The van der Waals surface area contributed by atoms with E-state index in [1.807, 2.05) is 6.07 Å². The number of rotatable bonds is 15. The van der Waals surface area contributed by atoms with Gasteiger partial charge >= 0.3 is 0 Å². The highest BCUT2D eigenvalue weighted by atomic mass is 19.1. The summed E-state index contributed by atoms with van der Waals surface area (Å²) in [6, 6.07) is 11.5. The molecule has 0 aliphatic carbocycles. The number of nitrogens with one attached hydrogen (secondary N) is 4. The molecule has 1 aliphatic rings. The number of aromatic nitrogens is 2. The second kappa shape index (κ2) is 17.6. The number of halogens is 1. The van der Waals surface area contributed by atoms with Gasteiger partial charge < -0.3 is 30.5 Å². The fourth-order valence-electron chi connectivity index (χ4n) is 5.29. The predicted octanol–water partition coefficient (Wildman–Crippen LogP) is 1.37. The van der Waals surface area contributed by atoms with Gasteiger partial charge in [-0.1, -0.05) is 36.9 Å². The molecule has 1 saturated heterocycles. The van der Waals surface area contributed by atoms with Crippen molar-refractivity contribution in [2.45, 2.75) is 13.3 Å². The number of amides is 3. The van der Waals surface area contributed by atoms with Crippen LogP contribution in [-0.4, -0.2) is 110 Å². The summed E-state index contributed by atoms with van der Waals surface area (Å²) < 4.78 is 20.4. The average Bonchev–Trinajstić information content (AvgIpc) is 3.11. The molecule has 4 rings (SSSR count). The minimum atomic E-state index is -0.627. The smallest absolute Gasteiger partial charge is 0.272 e. The molecule has 48 heavy (non-hydrogen) atoms. The number of fused-ring (bicyclic) bond motifs is 1. The Bertz CT molecular complexity index is 1750. The quantitative estimate of drug-likeness (QED) is 0.141. The van der Waals surface area contributed by atoms with Crippen LogP contribution in [0.15, 0.2) is 76.8 Å². The van der Waals surface area contributed by atoms with Crippen LogP contribution >= 0.6 is 0 Å². The molecule has 2 aromatic carbocycles. The zero-order valence-corrected chi connectivity index (χ0v) is 27.2. The lowest BCUT2D eigenvalue weighted by atomic mass is 10.0. The fourth-order valence-corrected chi connectivity index (χ4v) is 5.29. The lowest BCUT2D eigenvalue weighted by Crippen LogP contribution is -2.52. The maximum atomic E-state index is 14.8. The summed E-state index contributed by atoms with van der Waals surface area (Å²) in [6.45, 7) is 8.00. The molecule has 0 saturated carbocycles. The molecule has 1 aliphatic heterocycles. The number of aliphatic imine (C=N–C) groups is 1. The Morgan fingerprint density at radius 3 is 2.48 bits per heavy atom. The van der Waals surface area contributed by atoms with Gasteiger partial charge in [-0.2, -0.15) is 5.10 Å². The Hall–Kier alpha value is -5.21. The number of piperazine rings is 1. The number of ether oxygens (including phenoxy) is 1. The molecule has 0 radical (unpaired) electrons. The van der Waals surface area contributed by atoms with Crippen LogP contribution in [0.5, 0.6) is 0 Å². The fraction of sp³-hybridized carbons (Fsp3) is 0.353. The number of carbonyl (C=O) groups excluding carboxylic acids is 3. The first-order chi connectivity index (χ1) is 23.3. The van der Waals surface area contributed by atoms with Gasteiger partial charge in [0, 0.05) is 64.3 Å². The maximum Gasteiger partial charge on any atom is 0.272 e. The van der Waals surface area contributed by atoms with E-state index in [9.17, 15) is 23.6 Å². The molecular formula is C34H41FN8O5. The summed E-state index contributed by atoms with van der Waals surface area (Å²) in [4.78, 5) is 57.8. The van der Waals surface area contributed by atoms with Crippen molar-refractivity contribution in [3.05, 3.63) is 100 Å². The summed E-state index contributed by atoms with van der Waals surface area (Å²) in [6.07, 6.45) is 3.35. The molecule has 0 unspecified atom stereocenters. The van der Waals surface area contributed by atoms with Gasteiger partial charge in [-0.15, -0.1) is 0 Å². The normalized spacial score (nSPS) is 13.8.